The first-order valence-corrected chi connectivity index (χ1v) is 13.7. The average Bonchev–Trinajstić information content (AvgIpc) is 3.44. The van der Waals surface area contributed by atoms with Crippen LogP contribution in [0.2, 0.25) is 0 Å². The van der Waals surface area contributed by atoms with Gasteiger partial charge in [-0.2, -0.15) is 5.26 Å². The van der Waals surface area contributed by atoms with Crippen LogP contribution in [-0.4, -0.2) is 51.8 Å². The molecule has 198 valence electrons. The molecule has 3 aliphatic heterocycles. The molecule has 0 radical (unpaired) electrons. The second-order valence-electron chi connectivity index (χ2n) is 9.52. The van der Waals surface area contributed by atoms with Crippen LogP contribution in [0.25, 0.3) is 6.08 Å². The van der Waals surface area contributed by atoms with Crippen molar-refractivity contribution in [3.05, 3.63) is 55.7 Å². The van der Waals surface area contributed by atoms with Gasteiger partial charge in [-0.3, -0.25) is 19.1 Å². The summed E-state index contributed by atoms with van der Waals surface area (Å²) < 4.78 is 18.8. The zero-order chi connectivity index (χ0) is 27.1. The number of thiocarbonyl (C=S) groups is 1. The minimum atomic E-state index is -0.332. The van der Waals surface area contributed by atoms with E-state index in [9.17, 15) is 14.9 Å². The molecule has 2 aromatic rings. The molecule has 1 aromatic carbocycles. The fourth-order valence-electron chi connectivity index (χ4n) is 5.12. The highest BCUT2D eigenvalue weighted by atomic mass is 32.2. The number of hydrogen-bond donors (Lipinski definition) is 0. The number of ether oxygens (including phenoxy) is 3. The number of hydrogen-bond acceptors (Lipinski definition) is 9. The Balaban J connectivity index is 1.56. The highest BCUT2D eigenvalue weighted by Crippen LogP contribution is 2.38. The molecule has 1 aromatic heterocycles. The SMILES string of the molecule is CCn1c(N2CC(C)OC(C)C2)c(C=C2SC(=S)N(Cc3ccc4c(c3)OCO4)C2=O)c(C)c(C#N)c1=O. The lowest BCUT2D eigenvalue weighted by atomic mass is 10.0. The summed E-state index contributed by atoms with van der Waals surface area (Å²) in [4.78, 5) is 30.9. The van der Waals surface area contributed by atoms with Crippen LogP contribution in [0.3, 0.4) is 0 Å². The maximum absolute atomic E-state index is 13.6. The molecule has 0 N–H and O–H groups in total. The van der Waals surface area contributed by atoms with E-state index in [1.807, 2.05) is 39.0 Å². The second kappa shape index (κ2) is 10.4. The van der Waals surface area contributed by atoms with Gasteiger partial charge in [-0.1, -0.05) is 30.0 Å². The van der Waals surface area contributed by atoms with Crippen molar-refractivity contribution in [1.29, 1.82) is 5.26 Å². The number of nitriles is 1. The van der Waals surface area contributed by atoms with Crippen LogP contribution in [0, 0.1) is 18.3 Å². The van der Waals surface area contributed by atoms with Crippen molar-refractivity contribution in [1.82, 2.24) is 9.47 Å². The number of aromatic nitrogens is 1. The van der Waals surface area contributed by atoms with Crippen LogP contribution in [0.5, 0.6) is 11.5 Å². The van der Waals surface area contributed by atoms with Gasteiger partial charge in [0.2, 0.25) is 6.79 Å². The number of pyridine rings is 1. The van der Waals surface area contributed by atoms with Crippen LogP contribution >= 0.6 is 24.0 Å². The van der Waals surface area contributed by atoms with Crippen molar-refractivity contribution >= 4 is 46.1 Å². The van der Waals surface area contributed by atoms with Crippen LogP contribution < -0.4 is 19.9 Å². The molecule has 9 nitrogen and oxygen atoms in total. The lowest BCUT2D eigenvalue weighted by molar-refractivity contribution is -0.122. The van der Waals surface area contributed by atoms with Gasteiger partial charge in [0, 0.05) is 25.2 Å². The molecule has 2 atom stereocenters. The Labute approximate surface area is 230 Å². The number of carbonyl (C=O) groups is 1. The largest absolute Gasteiger partial charge is 0.454 e. The summed E-state index contributed by atoms with van der Waals surface area (Å²) in [7, 11) is 0. The third-order valence-electron chi connectivity index (χ3n) is 6.81. The van der Waals surface area contributed by atoms with Gasteiger partial charge in [0.05, 0.1) is 23.7 Å². The van der Waals surface area contributed by atoms with Crippen molar-refractivity contribution in [3.63, 3.8) is 0 Å². The summed E-state index contributed by atoms with van der Waals surface area (Å²) in [5.41, 5.74) is 1.83. The summed E-state index contributed by atoms with van der Waals surface area (Å²) in [6, 6.07) is 7.63. The molecule has 2 fully saturated rings. The fourth-order valence-corrected chi connectivity index (χ4v) is 6.36. The van der Waals surface area contributed by atoms with Gasteiger partial charge < -0.3 is 19.1 Å². The van der Waals surface area contributed by atoms with Crippen LogP contribution in [0.15, 0.2) is 27.9 Å². The average molecular weight is 553 g/mol. The first kappa shape index (κ1) is 26.3. The molecule has 2 unspecified atom stereocenters. The van der Waals surface area contributed by atoms with Crippen molar-refractivity contribution in [3.8, 4) is 17.6 Å². The highest BCUT2D eigenvalue weighted by Gasteiger charge is 2.34. The van der Waals surface area contributed by atoms with E-state index in [-0.39, 0.29) is 36.0 Å². The number of rotatable bonds is 5. The van der Waals surface area contributed by atoms with Gasteiger partial charge in [-0.15, -0.1) is 0 Å². The molecule has 4 heterocycles. The summed E-state index contributed by atoms with van der Waals surface area (Å²) in [5.74, 6) is 1.79. The molecule has 1 amide bonds. The predicted molar refractivity (Wildman–Crippen MR) is 149 cm³/mol. The summed E-state index contributed by atoms with van der Waals surface area (Å²) in [6.07, 6.45) is 1.70. The molecular weight excluding hydrogens is 524 g/mol. The van der Waals surface area contributed by atoms with Crippen molar-refractivity contribution in [2.24, 2.45) is 0 Å². The quantitative estimate of drug-likeness (QED) is 0.405. The molecule has 0 saturated carbocycles. The molecule has 0 bridgehead atoms. The van der Waals surface area contributed by atoms with Gasteiger partial charge >= 0.3 is 0 Å². The Bertz CT molecular complexity index is 1450. The number of amides is 1. The minimum absolute atomic E-state index is 0.0390. The van der Waals surface area contributed by atoms with E-state index in [0.29, 0.717) is 63.8 Å². The minimum Gasteiger partial charge on any atom is -0.454 e. The molecule has 2 saturated heterocycles. The van der Waals surface area contributed by atoms with Gasteiger partial charge in [0.15, 0.2) is 11.5 Å². The Morgan fingerprint density at radius 1 is 1.18 bits per heavy atom. The van der Waals surface area contributed by atoms with Gasteiger partial charge in [0.1, 0.15) is 21.8 Å². The lowest BCUT2D eigenvalue weighted by Gasteiger charge is -2.39. The van der Waals surface area contributed by atoms with Crippen molar-refractivity contribution in [2.45, 2.75) is 53.0 Å². The monoisotopic (exact) mass is 552 g/mol. The number of thioether (sulfide) groups is 1. The van der Waals surface area contributed by atoms with E-state index in [1.165, 1.54) is 11.8 Å². The smallest absolute Gasteiger partial charge is 0.270 e. The zero-order valence-electron chi connectivity index (χ0n) is 21.6. The van der Waals surface area contributed by atoms with E-state index in [0.717, 1.165) is 5.56 Å². The van der Waals surface area contributed by atoms with Gasteiger partial charge in [0.25, 0.3) is 11.5 Å². The molecule has 5 rings (SSSR count). The number of benzene rings is 1. The Morgan fingerprint density at radius 3 is 2.58 bits per heavy atom. The van der Waals surface area contributed by atoms with E-state index >= 15 is 0 Å². The third kappa shape index (κ3) is 4.68. The van der Waals surface area contributed by atoms with E-state index in [1.54, 1.807) is 22.5 Å². The second-order valence-corrected chi connectivity index (χ2v) is 11.2. The first-order chi connectivity index (χ1) is 18.2. The molecular formula is C27H28N4O5S2. The number of morpholine rings is 1. The molecule has 38 heavy (non-hydrogen) atoms. The molecule has 0 aliphatic carbocycles. The maximum atomic E-state index is 13.6. The topological polar surface area (TPSA) is 97.0 Å². The molecule has 11 heteroatoms. The normalized spacial score (nSPS) is 21.9. The predicted octanol–water partition coefficient (Wildman–Crippen LogP) is 3.79. The van der Waals surface area contributed by atoms with E-state index < -0.39 is 0 Å². The molecule has 0 spiro atoms. The number of carbonyl (C=O) groups excluding carboxylic acids is 1. The maximum Gasteiger partial charge on any atom is 0.270 e. The summed E-state index contributed by atoms with van der Waals surface area (Å²) in [6.45, 7) is 9.65. The first-order valence-electron chi connectivity index (χ1n) is 12.4. The van der Waals surface area contributed by atoms with Gasteiger partial charge in [-0.05, 0) is 57.0 Å². The fraction of sp³-hybridized carbons (Fsp3) is 0.407. The van der Waals surface area contributed by atoms with Crippen LogP contribution in [0.1, 0.15) is 43.0 Å². The Hall–Kier alpha value is -3.33. The van der Waals surface area contributed by atoms with Crippen LogP contribution in [0.4, 0.5) is 5.82 Å². The number of nitrogens with zero attached hydrogens (tertiary/aromatic N) is 4. The Morgan fingerprint density at radius 2 is 1.89 bits per heavy atom. The third-order valence-corrected chi connectivity index (χ3v) is 8.19. The zero-order valence-corrected chi connectivity index (χ0v) is 23.3. The van der Waals surface area contributed by atoms with Crippen molar-refractivity contribution < 1.29 is 19.0 Å². The summed E-state index contributed by atoms with van der Waals surface area (Å²) >= 11 is 6.80. The van der Waals surface area contributed by atoms with E-state index in [2.05, 4.69) is 11.0 Å². The highest BCUT2D eigenvalue weighted by molar-refractivity contribution is 8.26. The van der Waals surface area contributed by atoms with Gasteiger partial charge in [-0.25, -0.2) is 0 Å². The molecule has 3 aliphatic rings. The number of fused-ring (bicyclic) bond motifs is 1. The standard InChI is InChI=1S/C27H28N4O5S2/c1-5-30-24(29-11-15(2)36-16(3)12-29)19(17(4)20(10-28)25(30)32)9-23-26(33)31(27(37)38-23)13-18-6-7-21-22(8-18)35-14-34-21/h6-9,15-16H,5,11-14H2,1-4H3. The van der Waals surface area contributed by atoms with Crippen molar-refractivity contribution in [2.75, 3.05) is 24.8 Å². The number of anilines is 1. The summed E-state index contributed by atoms with van der Waals surface area (Å²) in [5, 5.41) is 9.82. The Kier molecular flexibility index (Phi) is 7.22. The van der Waals surface area contributed by atoms with E-state index in [4.69, 9.17) is 26.4 Å². The lowest BCUT2D eigenvalue weighted by Crippen LogP contribution is -2.48. The van der Waals surface area contributed by atoms with Crippen LogP contribution in [-0.2, 0) is 22.6 Å².